The van der Waals surface area contributed by atoms with E-state index in [0.29, 0.717) is 23.1 Å². The average Bonchev–Trinajstić information content (AvgIpc) is 3.41. The second-order valence-corrected chi connectivity index (χ2v) is 8.13. The summed E-state index contributed by atoms with van der Waals surface area (Å²) in [7, 11) is 0. The Balaban J connectivity index is 1.65. The van der Waals surface area contributed by atoms with Crippen molar-refractivity contribution >= 4 is 5.91 Å². The molecule has 1 amide bonds. The minimum atomic E-state index is -0.193. The number of carbonyl (C=O) groups excluding carboxylic acids is 1. The molecule has 0 N–H and O–H groups in total. The van der Waals surface area contributed by atoms with E-state index >= 15 is 0 Å². The minimum Gasteiger partial charge on any atom is -0.339 e. The van der Waals surface area contributed by atoms with Gasteiger partial charge in [-0.25, -0.2) is 9.67 Å². The maximum absolute atomic E-state index is 12.7. The summed E-state index contributed by atoms with van der Waals surface area (Å²) in [6.07, 6.45) is 5.41. The van der Waals surface area contributed by atoms with E-state index in [1.165, 1.54) is 0 Å². The van der Waals surface area contributed by atoms with Crippen molar-refractivity contribution in [3.63, 3.8) is 0 Å². The quantitative estimate of drug-likeness (QED) is 0.693. The van der Waals surface area contributed by atoms with E-state index in [4.69, 9.17) is 4.52 Å². The molecule has 3 aromatic heterocycles. The third-order valence-corrected chi connectivity index (χ3v) is 4.94. The van der Waals surface area contributed by atoms with E-state index in [0.717, 1.165) is 37.2 Å². The Morgan fingerprint density at radius 1 is 1.21 bits per heavy atom. The molecule has 8 heteroatoms. The molecular formula is C20H24N6O2. The lowest BCUT2D eigenvalue weighted by Gasteiger charge is -2.14. The predicted octanol–water partition coefficient (Wildman–Crippen LogP) is 3.16. The van der Waals surface area contributed by atoms with Crippen LogP contribution in [0, 0.1) is 6.92 Å². The van der Waals surface area contributed by atoms with Gasteiger partial charge in [0.2, 0.25) is 0 Å². The number of hydrogen-bond donors (Lipinski definition) is 0. The lowest BCUT2D eigenvalue weighted by atomic mass is 9.96. The molecule has 1 saturated heterocycles. The molecule has 4 rings (SSSR count). The Bertz CT molecular complexity index is 1010. The van der Waals surface area contributed by atoms with Gasteiger partial charge in [0.05, 0.1) is 17.5 Å². The first-order valence-corrected chi connectivity index (χ1v) is 9.49. The Hall–Kier alpha value is -3.03. The van der Waals surface area contributed by atoms with Crippen LogP contribution in [0.25, 0.3) is 17.3 Å². The standard InChI is InChI=1S/C20H24N6O2/c1-13-15(18(27)25-9-5-6-10-25)12-22-26(13)16-11-14(7-8-21-16)17-23-19(24-28-17)20(2,3)4/h7-8,11-12H,5-6,9-10H2,1-4H3. The fourth-order valence-corrected chi connectivity index (χ4v) is 3.25. The highest BCUT2D eigenvalue weighted by molar-refractivity contribution is 5.95. The lowest BCUT2D eigenvalue weighted by molar-refractivity contribution is 0.0792. The van der Waals surface area contributed by atoms with Gasteiger partial charge in [-0.15, -0.1) is 0 Å². The first kappa shape index (κ1) is 18.3. The van der Waals surface area contributed by atoms with Crippen molar-refractivity contribution in [2.24, 2.45) is 0 Å². The number of hydrogen-bond acceptors (Lipinski definition) is 6. The number of amides is 1. The Labute approximate surface area is 163 Å². The molecule has 0 saturated carbocycles. The molecule has 0 aromatic carbocycles. The Kier molecular flexibility index (Phi) is 4.49. The molecule has 1 aliphatic rings. The predicted molar refractivity (Wildman–Crippen MR) is 103 cm³/mol. The monoisotopic (exact) mass is 380 g/mol. The van der Waals surface area contributed by atoms with Crippen molar-refractivity contribution in [2.45, 2.75) is 46.0 Å². The van der Waals surface area contributed by atoms with Crippen LogP contribution in [-0.4, -0.2) is 48.8 Å². The second-order valence-electron chi connectivity index (χ2n) is 8.13. The van der Waals surface area contributed by atoms with Crippen molar-refractivity contribution < 1.29 is 9.32 Å². The zero-order chi connectivity index (χ0) is 19.9. The average molecular weight is 380 g/mol. The van der Waals surface area contributed by atoms with Crippen LogP contribution in [0.4, 0.5) is 0 Å². The normalized spacial score (nSPS) is 14.6. The SMILES string of the molecule is Cc1c(C(=O)N2CCCC2)cnn1-c1cc(-c2nc(C(C)(C)C)no2)ccn1. The minimum absolute atomic E-state index is 0.0316. The molecule has 8 nitrogen and oxygen atoms in total. The molecule has 146 valence electrons. The van der Waals surface area contributed by atoms with Crippen LogP contribution < -0.4 is 0 Å². The number of nitrogens with zero attached hydrogens (tertiary/aromatic N) is 6. The maximum atomic E-state index is 12.7. The van der Waals surface area contributed by atoms with E-state index in [-0.39, 0.29) is 11.3 Å². The van der Waals surface area contributed by atoms with Gasteiger partial charge in [0.15, 0.2) is 11.6 Å². The topological polar surface area (TPSA) is 89.9 Å². The summed E-state index contributed by atoms with van der Waals surface area (Å²) in [5.41, 5.74) is 1.95. The Morgan fingerprint density at radius 2 is 1.96 bits per heavy atom. The number of likely N-dealkylation sites (tertiary alicyclic amines) is 1. The van der Waals surface area contributed by atoms with E-state index in [1.54, 1.807) is 17.1 Å². The van der Waals surface area contributed by atoms with Crippen molar-refractivity contribution in [3.05, 3.63) is 41.6 Å². The van der Waals surface area contributed by atoms with Gasteiger partial charge in [-0.2, -0.15) is 10.1 Å². The fraction of sp³-hybridized carbons (Fsp3) is 0.450. The maximum Gasteiger partial charge on any atom is 0.258 e. The third-order valence-electron chi connectivity index (χ3n) is 4.94. The molecule has 0 atom stereocenters. The summed E-state index contributed by atoms with van der Waals surface area (Å²) in [5, 5.41) is 8.47. The summed E-state index contributed by atoms with van der Waals surface area (Å²) in [5.74, 6) is 1.72. The summed E-state index contributed by atoms with van der Waals surface area (Å²) in [6.45, 7) is 9.60. The molecule has 4 heterocycles. The molecule has 0 aliphatic carbocycles. The highest BCUT2D eigenvalue weighted by Gasteiger charge is 2.24. The van der Waals surface area contributed by atoms with Crippen LogP contribution in [0.5, 0.6) is 0 Å². The van der Waals surface area contributed by atoms with Crippen molar-refractivity contribution in [1.82, 2.24) is 29.8 Å². The number of aromatic nitrogens is 5. The largest absolute Gasteiger partial charge is 0.339 e. The van der Waals surface area contributed by atoms with Crippen molar-refractivity contribution in [3.8, 4) is 17.3 Å². The first-order chi connectivity index (χ1) is 13.3. The summed E-state index contributed by atoms with van der Waals surface area (Å²) >= 11 is 0. The summed E-state index contributed by atoms with van der Waals surface area (Å²) < 4.78 is 7.10. The molecule has 3 aromatic rings. The highest BCUT2D eigenvalue weighted by Crippen LogP contribution is 2.25. The van der Waals surface area contributed by atoms with E-state index in [1.807, 2.05) is 44.7 Å². The van der Waals surface area contributed by atoms with E-state index in [9.17, 15) is 4.79 Å². The summed E-state index contributed by atoms with van der Waals surface area (Å²) in [4.78, 5) is 23.5. The van der Waals surface area contributed by atoms with Crippen molar-refractivity contribution in [2.75, 3.05) is 13.1 Å². The van der Waals surface area contributed by atoms with Gasteiger partial charge in [0, 0.05) is 30.3 Å². The van der Waals surface area contributed by atoms with E-state index in [2.05, 4.69) is 20.2 Å². The molecule has 0 radical (unpaired) electrons. The Morgan fingerprint density at radius 3 is 2.64 bits per heavy atom. The van der Waals surface area contributed by atoms with Crippen LogP contribution in [0.15, 0.2) is 29.0 Å². The van der Waals surface area contributed by atoms with Crippen LogP contribution in [0.2, 0.25) is 0 Å². The van der Waals surface area contributed by atoms with Gasteiger partial charge in [0.1, 0.15) is 0 Å². The van der Waals surface area contributed by atoms with Crippen LogP contribution in [0.3, 0.4) is 0 Å². The third kappa shape index (κ3) is 3.30. The van der Waals surface area contributed by atoms with Crippen molar-refractivity contribution in [1.29, 1.82) is 0 Å². The van der Waals surface area contributed by atoms with Gasteiger partial charge in [-0.3, -0.25) is 4.79 Å². The molecule has 1 fully saturated rings. The van der Waals surface area contributed by atoms with E-state index < -0.39 is 0 Å². The molecule has 0 spiro atoms. The van der Waals surface area contributed by atoms with Crippen LogP contribution >= 0.6 is 0 Å². The van der Waals surface area contributed by atoms with Gasteiger partial charge in [-0.05, 0) is 31.9 Å². The smallest absolute Gasteiger partial charge is 0.258 e. The molecule has 0 unspecified atom stereocenters. The molecule has 0 bridgehead atoms. The van der Waals surface area contributed by atoms with Gasteiger partial charge in [-0.1, -0.05) is 25.9 Å². The highest BCUT2D eigenvalue weighted by atomic mass is 16.5. The lowest BCUT2D eigenvalue weighted by Crippen LogP contribution is -2.27. The molecule has 1 aliphatic heterocycles. The first-order valence-electron chi connectivity index (χ1n) is 9.49. The number of rotatable bonds is 3. The fourth-order valence-electron chi connectivity index (χ4n) is 3.25. The zero-order valence-corrected chi connectivity index (χ0v) is 16.6. The second kappa shape index (κ2) is 6.85. The summed E-state index contributed by atoms with van der Waals surface area (Å²) in [6, 6.07) is 3.66. The van der Waals surface area contributed by atoms with Gasteiger partial charge in [0.25, 0.3) is 11.8 Å². The molecular weight excluding hydrogens is 356 g/mol. The van der Waals surface area contributed by atoms with Gasteiger partial charge >= 0.3 is 0 Å². The van der Waals surface area contributed by atoms with Crippen LogP contribution in [0.1, 0.15) is 55.5 Å². The zero-order valence-electron chi connectivity index (χ0n) is 16.6. The van der Waals surface area contributed by atoms with Gasteiger partial charge < -0.3 is 9.42 Å². The number of carbonyl (C=O) groups is 1. The van der Waals surface area contributed by atoms with Crippen LogP contribution in [-0.2, 0) is 5.41 Å². The number of pyridine rings is 1. The molecule has 28 heavy (non-hydrogen) atoms.